The minimum atomic E-state index is 0.798. The zero-order valence-electron chi connectivity index (χ0n) is 13.4. The summed E-state index contributed by atoms with van der Waals surface area (Å²) >= 11 is 0. The van der Waals surface area contributed by atoms with E-state index in [1.165, 1.54) is 50.9 Å². The molecule has 0 radical (unpaired) electrons. The van der Waals surface area contributed by atoms with Gasteiger partial charge in [-0.15, -0.1) is 0 Å². The fraction of sp³-hybridized carbons (Fsp3) is 0.667. The molecular formula is C18H30N2O. The van der Waals surface area contributed by atoms with Crippen molar-refractivity contribution in [1.29, 1.82) is 0 Å². The predicted octanol–water partition coefficient (Wildman–Crippen LogP) is 3.44. The van der Waals surface area contributed by atoms with Crippen molar-refractivity contribution in [3.8, 4) is 5.75 Å². The van der Waals surface area contributed by atoms with Gasteiger partial charge in [0.15, 0.2) is 0 Å². The lowest BCUT2D eigenvalue weighted by Gasteiger charge is -2.26. The Labute approximate surface area is 129 Å². The zero-order valence-corrected chi connectivity index (χ0v) is 13.4. The molecule has 3 nitrogen and oxygen atoms in total. The van der Waals surface area contributed by atoms with Gasteiger partial charge in [0.1, 0.15) is 5.75 Å². The van der Waals surface area contributed by atoms with Crippen LogP contribution in [0, 0.1) is 0 Å². The summed E-state index contributed by atoms with van der Waals surface area (Å²) in [5.74, 6) is 0.990. The molecule has 0 atom stereocenters. The maximum Gasteiger partial charge on any atom is 0.119 e. The highest BCUT2D eigenvalue weighted by atomic mass is 16.5. The Morgan fingerprint density at radius 2 is 2.05 bits per heavy atom. The Morgan fingerprint density at radius 3 is 2.86 bits per heavy atom. The van der Waals surface area contributed by atoms with Crippen molar-refractivity contribution in [1.82, 2.24) is 10.2 Å². The molecule has 1 saturated heterocycles. The average Bonchev–Trinajstić information content (AvgIpc) is 2.54. The van der Waals surface area contributed by atoms with Crippen LogP contribution in [0.25, 0.3) is 0 Å². The van der Waals surface area contributed by atoms with E-state index in [0.717, 1.165) is 31.9 Å². The Hall–Kier alpha value is -1.06. The van der Waals surface area contributed by atoms with Gasteiger partial charge < -0.3 is 15.0 Å². The zero-order chi connectivity index (χ0) is 14.8. The molecule has 0 amide bonds. The Kier molecular flexibility index (Phi) is 7.61. The maximum atomic E-state index is 5.67. The number of nitrogens with zero attached hydrogens (tertiary/aromatic N) is 1. The van der Waals surface area contributed by atoms with Gasteiger partial charge in [-0.05, 0) is 69.6 Å². The number of hydrogen-bond acceptors (Lipinski definition) is 3. The molecule has 0 bridgehead atoms. The Bertz CT molecular complexity index is 389. The fourth-order valence-electron chi connectivity index (χ4n) is 2.81. The second kappa shape index (κ2) is 9.80. The molecule has 118 valence electrons. The smallest absolute Gasteiger partial charge is 0.119 e. The molecule has 0 saturated carbocycles. The highest BCUT2D eigenvalue weighted by Gasteiger charge is 2.08. The van der Waals surface area contributed by atoms with Gasteiger partial charge >= 0.3 is 0 Å². The number of ether oxygens (including phenoxy) is 1. The van der Waals surface area contributed by atoms with E-state index < -0.39 is 0 Å². The van der Waals surface area contributed by atoms with Crippen LogP contribution < -0.4 is 10.1 Å². The van der Waals surface area contributed by atoms with Gasteiger partial charge in [-0.25, -0.2) is 0 Å². The summed E-state index contributed by atoms with van der Waals surface area (Å²) in [7, 11) is 0. The Balaban J connectivity index is 1.59. The van der Waals surface area contributed by atoms with Crippen LogP contribution in [-0.2, 0) is 6.54 Å². The predicted molar refractivity (Wildman–Crippen MR) is 88.8 cm³/mol. The average molecular weight is 290 g/mol. The van der Waals surface area contributed by atoms with Gasteiger partial charge in [0, 0.05) is 6.54 Å². The van der Waals surface area contributed by atoms with Crippen LogP contribution in [0.3, 0.4) is 0 Å². The summed E-state index contributed by atoms with van der Waals surface area (Å²) in [4.78, 5) is 2.60. The molecule has 1 fully saturated rings. The number of benzene rings is 1. The third kappa shape index (κ3) is 6.49. The molecule has 1 N–H and O–H groups in total. The molecule has 0 aromatic heterocycles. The van der Waals surface area contributed by atoms with E-state index in [1.807, 2.05) is 6.07 Å². The summed E-state index contributed by atoms with van der Waals surface area (Å²) in [6, 6.07) is 8.43. The molecule has 2 rings (SSSR count). The first-order valence-electron chi connectivity index (χ1n) is 8.53. The molecule has 0 spiro atoms. The largest absolute Gasteiger partial charge is 0.494 e. The van der Waals surface area contributed by atoms with Crippen LogP contribution in [0.1, 0.15) is 44.6 Å². The van der Waals surface area contributed by atoms with E-state index in [0.29, 0.717) is 0 Å². The van der Waals surface area contributed by atoms with Crippen LogP contribution >= 0.6 is 0 Å². The monoisotopic (exact) mass is 290 g/mol. The molecule has 3 heteroatoms. The molecule has 0 aliphatic carbocycles. The van der Waals surface area contributed by atoms with Crippen molar-refractivity contribution >= 4 is 0 Å². The van der Waals surface area contributed by atoms with E-state index in [4.69, 9.17) is 4.74 Å². The van der Waals surface area contributed by atoms with Crippen LogP contribution in [-0.4, -0.2) is 37.7 Å². The minimum Gasteiger partial charge on any atom is -0.494 e. The van der Waals surface area contributed by atoms with Crippen molar-refractivity contribution in [3.05, 3.63) is 29.8 Å². The second-order valence-corrected chi connectivity index (χ2v) is 5.93. The van der Waals surface area contributed by atoms with Gasteiger partial charge in [-0.3, -0.25) is 0 Å². The summed E-state index contributed by atoms with van der Waals surface area (Å²) in [5.41, 5.74) is 1.31. The standard InChI is InChI=1S/C18H30N2O/c1-2-14-21-18-9-6-8-17(15-18)16-19-10-7-13-20-11-4-3-5-12-20/h6,8-9,15,19H,2-5,7,10-14,16H2,1H3. The highest BCUT2D eigenvalue weighted by Crippen LogP contribution is 2.13. The van der Waals surface area contributed by atoms with Crippen LogP contribution in [0.5, 0.6) is 5.75 Å². The van der Waals surface area contributed by atoms with Gasteiger partial charge in [-0.1, -0.05) is 25.5 Å². The fourth-order valence-corrected chi connectivity index (χ4v) is 2.81. The summed E-state index contributed by atoms with van der Waals surface area (Å²) < 4.78 is 5.67. The van der Waals surface area contributed by atoms with Crippen LogP contribution in [0.4, 0.5) is 0 Å². The molecule has 1 aromatic carbocycles. The van der Waals surface area contributed by atoms with E-state index >= 15 is 0 Å². The second-order valence-electron chi connectivity index (χ2n) is 5.93. The van der Waals surface area contributed by atoms with E-state index in [9.17, 15) is 0 Å². The molecule has 1 aromatic rings. The quantitative estimate of drug-likeness (QED) is 0.705. The third-order valence-corrected chi connectivity index (χ3v) is 3.98. The number of piperidine rings is 1. The maximum absolute atomic E-state index is 5.67. The minimum absolute atomic E-state index is 0.798. The van der Waals surface area contributed by atoms with Crippen LogP contribution in [0.2, 0.25) is 0 Å². The van der Waals surface area contributed by atoms with Crippen molar-refractivity contribution in [3.63, 3.8) is 0 Å². The molecule has 21 heavy (non-hydrogen) atoms. The van der Waals surface area contributed by atoms with Gasteiger partial charge in [0.2, 0.25) is 0 Å². The number of hydrogen-bond donors (Lipinski definition) is 1. The highest BCUT2D eigenvalue weighted by molar-refractivity contribution is 5.28. The van der Waals surface area contributed by atoms with Crippen molar-refractivity contribution < 1.29 is 4.74 Å². The van der Waals surface area contributed by atoms with Crippen LogP contribution in [0.15, 0.2) is 24.3 Å². The number of likely N-dealkylation sites (tertiary alicyclic amines) is 1. The number of nitrogens with one attached hydrogen (secondary N) is 1. The lowest BCUT2D eigenvalue weighted by molar-refractivity contribution is 0.225. The normalized spacial score (nSPS) is 16.0. The molecule has 1 aliphatic rings. The summed E-state index contributed by atoms with van der Waals surface area (Å²) in [6.07, 6.45) is 6.49. The molecule has 1 heterocycles. The first kappa shape index (κ1) is 16.3. The van der Waals surface area contributed by atoms with Gasteiger partial charge in [-0.2, -0.15) is 0 Å². The SMILES string of the molecule is CCCOc1cccc(CNCCCN2CCCCC2)c1. The van der Waals surface area contributed by atoms with Crippen molar-refractivity contribution in [2.75, 3.05) is 32.8 Å². The first-order chi connectivity index (χ1) is 10.4. The third-order valence-electron chi connectivity index (χ3n) is 3.98. The lowest BCUT2D eigenvalue weighted by Crippen LogP contribution is -2.32. The van der Waals surface area contributed by atoms with Gasteiger partial charge in [0.25, 0.3) is 0 Å². The van der Waals surface area contributed by atoms with Crippen molar-refractivity contribution in [2.45, 2.75) is 45.6 Å². The lowest BCUT2D eigenvalue weighted by atomic mass is 10.1. The van der Waals surface area contributed by atoms with Gasteiger partial charge in [0.05, 0.1) is 6.61 Å². The van der Waals surface area contributed by atoms with Crippen molar-refractivity contribution in [2.24, 2.45) is 0 Å². The Morgan fingerprint density at radius 1 is 1.19 bits per heavy atom. The first-order valence-corrected chi connectivity index (χ1v) is 8.53. The molecule has 0 unspecified atom stereocenters. The summed E-state index contributed by atoms with van der Waals surface area (Å²) in [6.45, 7) is 8.81. The van der Waals surface area contributed by atoms with E-state index in [1.54, 1.807) is 0 Å². The topological polar surface area (TPSA) is 24.5 Å². The number of rotatable bonds is 9. The molecular weight excluding hydrogens is 260 g/mol. The van der Waals surface area contributed by atoms with E-state index in [2.05, 4.69) is 35.3 Å². The summed E-state index contributed by atoms with van der Waals surface area (Å²) in [5, 5.41) is 3.54. The molecule has 1 aliphatic heterocycles. The van der Waals surface area contributed by atoms with E-state index in [-0.39, 0.29) is 0 Å².